The van der Waals surface area contributed by atoms with E-state index in [1.807, 2.05) is 18.2 Å². The Labute approximate surface area is 98.4 Å². The number of rotatable bonds is 4. The van der Waals surface area contributed by atoms with Crippen molar-refractivity contribution in [2.45, 2.75) is 13.8 Å². The van der Waals surface area contributed by atoms with Crippen LogP contribution in [0, 0.1) is 16.1 Å². The lowest BCUT2D eigenvalue weighted by Crippen LogP contribution is -2.04. The summed E-state index contributed by atoms with van der Waals surface area (Å²) in [6.45, 7) is 6.00. The SMILES string of the molecule is CC(C)COc1cc(I)cc([CH]O)c1. The van der Waals surface area contributed by atoms with Crippen LogP contribution in [0.1, 0.15) is 19.4 Å². The molecular formula is C11H14IO2. The number of halogens is 1. The van der Waals surface area contributed by atoms with E-state index in [1.54, 1.807) is 0 Å². The molecule has 3 heteroatoms. The minimum absolute atomic E-state index is 0.509. The molecule has 2 nitrogen and oxygen atoms in total. The summed E-state index contributed by atoms with van der Waals surface area (Å²) in [7, 11) is 0. The second kappa shape index (κ2) is 5.56. The summed E-state index contributed by atoms with van der Waals surface area (Å²) in [5.41, 5.74) is 0.774. The van der Waals surface area contributed by atoms with Gasteiger partial charge in [-0.15, -0.1) is 0 Å². The first-order chi connectivity index (χ1) is 6.61. The van der Waals surface area contributed by atoms with Crippen LogP contribution in [0.4, 0.5) is 0 Å². The highest BCUT2D eigenvalue weighted by molar-refractivity contribution is 14.1. The lowest BCUT2D eigenvalue weighted by Gasteiger charge is -2.09. The molecule has 0 amide bonds. The number of hydrogen-bond acceptors (Lipinski definition) is 2. The van der Waals surface area contributed by atoms with Gasteiger partial charge in [0.15, 0.2) is 0 Å². The Morgan fingerprint density at radius 3 is 2.71 bits per heavy atom. The van der Waals surface area contributed by atoms with E-state index in [9.17, 15) is 0 Å². The summed E-state index contributed by atoms with van der Waals surface area (Å²) in [4.78, 5) is 0. The molecule has 0 unspecified atom stereocenters. The Balaban J connectivity index is 2.71. The van der Waals surface area contributed by atoms with Gasteiger partial charge in [-0.05, 0) is 52.3 Å². The van der Waals surface area contributed by atoms with Gasteiger partial charge < -0.3 is 9.84 Å². The standard InChI is InChI=1S/C11H14IO2/c1-8(2)7-14-11-4-9(6-13)3-10(12)5-11/h3-6,8,13H,7H2,1-2H3. The molecule has 0 atom stereocenters. The smallest absolute Gasteiger partial charge is 0.120 e. The van der Waals surface area contributed by atoms with Crippen molar-refractivity contribution in [3.05, 3.63) is 33.9 Å². The highest BCUT2D eigenvalue weighted by atomic mass is 127. The molecule has 0 aliphatic rings. The fourth-order valence-corrected chi connectivity index (χ4v) is 1.67. The molecule has 0 bridgehead atoms. The Hall–Kier alpha value is -0.290. The molecule has 1 radical (unpaired) electrons. The molecule has 0 saturated heterocycles. The highest BCUT2D eigenvalue weighted by Gasteiger charge is 2.01. The van der Waals surface area contributed by atoms with Crippen molar-refractivity contribution < 1.29 is 9.84 Å². The van der Waals surface area contributed by atoms with Gasteiger partial charge in [-0.1, -0.05) is 13.8 Å². The molecule has 1 N–H and O–H groups in total. The number of benzene rings is 1. The van der Waals surface area contributed by atoms with E-state index in [0.717, 1.165) is 21.5 Å². The van der Waals surface area contributed by atoms with Crippen molar-refractivity contribution >= 4 is 22.6 Å². The fraction of sp³-hybridized carbons (Fsp3) is 0.364. The summed E-state index contributed by atoms with van der Waals surface area (Å²) < 4.78 is 6.61. The molecule has 0 fully saturated rings. The van der Waals surface area contributed by atoms with Crippen LogP contribution in [-0.2, 0) is 0 Å². The van der Waals surface area contributed by atoms with E-state index in [2.05, 4.69) is 36.4 Å². The van der Waals surface area contributed by atoms with Crippen molar-refractivity contribution in [3.8, 4) is 5.75 Å². The van der Waals surface area contributed by atoms with Crippen molar-refractivity contribution in [1.82, 2.24) is 0 Å². The van der Waals surface area contributed by atoms with Gasteiger partial charge in [0.05, 0.1) is 6.61 Å². The van der Waals surface area contributed by atoms with Crippen molar-refractivity contribution in [1.29, 1.82) is 0 Å². The normalized spacial score (nSPS) is 10.6. The maximum Gasteiger partial charge on any atom is 0.120 e. The molecule has 0 heterocycles. The molecule has 0 saturated carbocycles. The second-order valence-electron chi connectivity index (χ2n) is 3.55. The molecule has 0 aliphatic carbocycles. The second-order valence-corrected chi connectivity index (χ2v) is 4.80. The van der Waals surface area contributed by atoms with Gasteiger partial charge in [0, 0.05) is 3.57 Å². The Bertz CT molecular complexity index is 297. The van der Waals surface area contributed by atoms with E-state index in [1.165, 1.54) is 0 Å². The minimum atomic E-state index is 0.509. The third-order valence-corrected chi connectivity index (χ3v) is 2.25. The molecule has 77 valence electrons. The van der Waals surface area contributed by atoms with Crippen molar-refractivity contribution in [2.24, 2.45) is 5.92 Å². The van der Waals surface area contributed by atoms with Crippen LogP contribution in [0.5, 0.6) is 5.75 Å². The third kappa shape index (κ3) is 3.84. The lowest BCUT2D eigenvalue weighted by molar-refractivity contribution is 0.270. The largest absolute Gasteiger partial charge is 0.493 e. The Morgan fingerprint density at radius 2 is 2.14 bits per heavy atom. The fourth-order valence-electron chi connectivity index (χ4n) is 1.01. The molecule has 0 aliphatic heterocycles. The number of ether oxygens (including phenoxy) is 1. The van der Waals surface area contributed by atoms with E-state index in [4.69, 9.17) is 9.84 Å². The first-order valence-electron chi connectivity index (χ1n) is 4.52. The van der Waals surface area contributed by atoms with E-state index < -0.39 is 0 Å². The highest BCUT2D eigenvalue weighted by Crippen LogP contribution is 2.19. The summed E-state index contributed by atoms with van der Waals surface area (Å²) in [5, 5.41) is 8.88. The van der Waals surface area contributed by atoms with Crippen molar-refractivity contribution in [3.63, 3.8) is 0 Å². The van der Waals surface area contributed by atoms with Crippen LogP contribution in [-0.4, -0.2) is 11.7 Å². The average molecular weight is 305 g/mol. The molecule has 14 heavy (non-hydrogen) atoms. The van der Waals surface area contributed by atoms with Gasteiger partial charge in [-0.3, -0.25) is 0 Å². The Morgan fingerprint density at radius 1 is 1.43 bits per heavy atom. The van der Waals surface area contributed by atoms with Crippen LogP contribution in [0.3, 0.4) is 0 Å². The lowest BCUT2D eigenvalue weighted by atomic mass is 10.2. The molecule has 1 aromatic rings. The van der Waals surface area contributed by atoms with Crippen LogP contribution in [0.25, 0.3) is 0 Å². The topological polar surface area (TPSA) is 29.5 Å². The van der Waals surface area contributed by atoms with Crippen LogP contribution < -0.4 is 4.74 Å². The molecule has 1 rings (SSSR count). The van der Waals surface area contributed by atoms with Gasteiger partial charge in [0.1, 0.15) is 12.4 Å². The summed E-state index contributed by atoms with van der Waals surface area (Å²) in [6, 6.07) is 5.67. The van der Waals surface area contributed by atoms with E-state index in [-0.39, 0.29) is 0 Å². The van der Waals surface area contributed by atoms with Crippen LogP contribution in [0.2, 0.25) is 0 Å². The maximum atomic E-state index is 8.88. The zero-order chi connectivity index (χ0) is 10.6. The number of hydrogen-bond donors (Lipinski definition) is 1. The van der Waals surface area contributed by atoms with Gasteiger partial charge in [0.2, 0.25) is 0 Å². The van der Waals surface area contributed by atoms with Gasteiger partial charge >= 0.3 is 0 Å². The predicted octanol–water partition coefficient (Wildman–Crippen LogP) is 3.21. The average Bonchev–Trinajstić information content (AvgIpc) is 2.14. The van der Waals surface area contributed by atoms with E-state index in [0.29, 0.717) is 12.5 Å². The predicted molar refractivity (Wildman–Crippen MR) is 64.8 cm³/mol. The molecule has 0 spiro atoms. The van der Waals surface area contributed by atoms with Gasteiger partial charge in [-0.25, -0.2) is 0 Å². The number of aliphatic hydroxyl groups excluding tert-OH is 1. The zero-order valence-electron chi connectivity index (χ0n) is 8.33. The molecule has 1 aromatic carbocycles. The van der Waals surface area contributed by atoms with E-state index >= 15 is 0 Å². The summed E-state index contributed by atoms with van der Waals surface area (Å²) >= 11 is 2.20. The monoisotopic (exact) mass is 305 g/mol. The maximum absolute atomic E-state index is 8.88. The van der Waals surface area contributed by atoms with Gasteiger partial charge in [-0.2, -0.15) is 0 Å². The molecular weight excluding hydrogens is 291 g/mol. The Kier molecular flexibility index (Phi) is 4.68. The van der Waals surface area contributed by atoms with Crippen molar-refractivity contribution in [2.75, 3.05) is 6.61 Å². The first-order valence-corrected chi connectivity index (χ1v) is 5.60. The zero-order valence-corrected chi connectivity index (χ0v) is 10.5. The third-order valence-electron chi connectivity index (χ3n) is 1.63. The quantitative estimate of drug-likeness (QED) is 0.866. The summed E-state index contributed by atoms with van der Waals surface area (Å²) in [5.74, 6) is 1.32. The number of aliphatic hydroxyl groups is 1. The summed E-state index contributed by atoms with van der Waals surface area (Å²) in [6.07, 6.45) is 0. The van der Waals surface area contributed by atoms with Crippen LogP contribution >= 0.6 is 22.6 Å². The molecule has 0 aromatic heterocycles. The first kappa shape index (κ1) is 11.8. The van der Waals surface area contributed by atoms with Gasteiger partial charge in [0.25, 0.3) is 0 Å². The van der Waals surface area contributed by atoms with Crippen LogP contribution in [0.15, 0.2) is 18.2 Å². The minimum Gasteiger partial charge on any atom is -0.493 e.